The number of piperazine rings is 1. The Hall–Kier alpha value is -3.49. The summed E-state index contributed by atoms with van der Waals surface area (Å²) in [4.78, 5) is 18.9. The maximum atomic E-state index is 13.7. The molecule has 3 aromatic carbocycles. The largest absolute Gasteiger partial charge is 0.497 e. The van der Waals surface area contributed by atoms with Gasteiger partial charge in [-0.15, -0.1) is 0 Å². The first kappa shape index (κ1) is 25.6. The Morgan fingerprint density at radius 1 is 1.03 bits per heavy atom. The zero-order valence-corrected chi connectivity index (χ0v) is 20.7. The molecule has 1 aliphatic heterocycles. The minimum atomic E-state index is -0.780. The van der Waals surface area contributed by atoms with Gasteiger partial charge in [-0.05, 0) is 53.6 Å². The number of ether oxygens (including phenoxy) is 1. The van der Waals surface area contributed by atoms with Crippen LogP contribution in [0, 0.1) is 11.6 Å². The molecule has 8 heteroatoms. The van der Waals surface area contributed by atoms with Crippen LogP contribution in [0.2, 0.25) is 0 Å². The van der Waals surface area contributed by atoms with E-state index in [-0.39, 0.29) is 23.6 Å². The Kier molecular flexibility index (Phi) is 7.86. The predicted molar refractivity (Wildman–Crippen MR) is 135 cm³/mol. The summed E-state index contributed by atoms with van der Waals surface area (Å²) in [7, 11) is 4.97. The lowest BCUT2D eigenvalue weighted by molar-refractivity contribution is 0.0827. The number of hydrogen-bond acceptors (Lipinski definition) is 5. The van der Waals surface area contributed by atoms with Crippen molar-refractivity contribution in [3.05, 3.63) is 95.1 Å². The lowest BCUT2D eigenvalue weighted by Crippen LogP contribution is -2.50. The molecule has 1 fully saturated rings. The topological polar surface area (TPSA) is 56.2 Å². The molecule has 1 aliphatic rings. The quantitative estimate of drug-likeness (QED) is 0.531. The van der Waals surface area contributed by atoms with Gasteiger partial charge in [-0.25, -0.2) is 8.78 Å². The molecule has 2 atom stereocenters. The average Bonchev–Trinajstić information content (AvgIpc) is 2.88. The van der Waals surface area contributed by atoms with Crippen molar-refractivity contribution in [2.45, 2.75) is 12.1 Å². The van der Waals surface area contributed by atoms with Crippen LogP contribution >= 0.6 is 0 Å². The molecule has 3 aromatic rings. The van der Waals surface area contributed by atoms with E-state index in [4.69, 9.17) is 4.74 Å². The summed E-state index contributed by atoms with van der Waals surface area (Å²) >= 11 is 0. The standard InChI is InChI=1S/C28H31F2N3O3/c1-31(2)28(35)24-16-23(36-3)12-13-25(24)33-15-14-32(17-26(33)19-4-8-21(29)9-5-19)18-27(34)20-6-10-22(30)11-7-20/h4-13,16,26-27,34H,14-15,17-18H2,1-3H3/t26-,27+/m0/s1. The van der Waals surface area contributed by atoms with Crippen LogP contribution in [0.25, 0.3) is 0 Å². The van der Waals surface area contributed by atoms with E-state index in [1.54, 1.807) is 51.5 Å². The number of aliphatic hydroxyl groups excluding tert-OH is 1. The third-order valence-corrected chi connectivity index (χ3v) is 6.55. The monoisotopic (exact) mass is 495 g/mol. The van der Waals surface area contributed by atoms with Gasteiger partial charge in [-0.1, -0.05) is 24.3 Å². The van der Waals surface area contributed by atoms with Crippen LogP contribution in [0.3, 0.4) is 0 Å². The van der Waals surface area contributed by atoms with Gasteiger partial charge < -0.3 is 19.6 Å². The first-order chi connectivity index (χ1) is 17.3. The molecular weight excluding hydrogens is 464 g/mol. The summed E-state index contributed by atoms with van der Waals surface area (Å²) in [6, 6.07) is 17.5. The number of methoxy groups -OCH3 is 1. The van der Waals surface area contributed by atoms with Crippen LogP contribution < -0.4 is 9.64 Å². The normalized spacial score (nSPS) is 17.1. The lowest BCUT2D eigenvalue weighted by Gasteiger charge is -2.44. The minimum absolute atomic E-state index is 0.143. The highest BCUT2D eigenvalue weighted by Crippen LogP contribution is 2.35. The fourth-order valence-corrected chi connectivity index (χ4v) is 4.60. The molecule has 6 nitrogen and oxygen atoms in total. The number of hydrogen-bond donors (Lipinski definition) is 1. The van der Waals surface area contributed by atoms with Crippen molar-refractivity contribution in [3.63, 3.8) is 0 Å². The maximum absolute atomic E-state index is 13.7. The first-order valence-electron chi connectivity index (χ1n) is 11.8. The predicted octanol–water partition coefficient (Wildman–Crippen LogP) is 4.27. The summed E-state index contributed by atoms with van der Waals surface area (Å²) < 4.78 is 32.4. The van der Waals surface area contributed by atoms with E-state index in [0.717, 1.165) is 11.3 Å². The number of anilines is 1. The van der Waals surface area contributed by atoms with Crippen LogP contribution in [0.15, 0.2) is 66.7 Å². The third kappa shape index (κ3) is 5.66. The molecule has 0 spiro atoms. The summed E-state index contributed by atoms with van der Waals surface area (Å²) in [5, 5.41) is 10.8. The Morgan fingerprint density at radius 3 is 2.28 bits per heavy atom. The van der Waals surface area contributed by atoms with Crippen molar-refractivity contribution in [1.82, 2.24) is 9.80 Å². The van der Waals surface area contributed by atoms with Crippen molar-refractivity contribution in [2.75, 3.05) is 52.3 Å². The highest BCUT2D eigenvalue weighted by atomic mass is 19.1. The SMILES string of the molecule is COc1ccc(N2CCN(C[C@@H](O)c3ccc(F)cc3)C[C@H]2c2ccc(F)cc2)c(C(=O)N(C)C)c1. The second-order valence-electron chi connectivity index (χ2n) is 9.17. The molecule has 1 amide bonds. The minimum Gasteiger partial charge on any atom is -0.497 e. The van der Waals surface area contributed by atoms with Gasteiger partial charge in [-0.3, -0.25) is 9.69 Å². The van der Waals surface area contributed by atoms with E-state index >= 15 is 0 Å². The number of rotatable bonds is 7. The van der Waals surface area contributed by atoms with Crippen LogP contribution in [-0.4, -0.2) is 68.2 Å². The molecule has 0 bridgehead atoms. The van der Waals surface area contributed by atoms with Gasteiger partial charge in [0, 0.05) is 40.3 Å². The third-order valence-electron chi connectivity index (χ3n) is 6.55. The maximum Gasteiger partial charge on any atom is 0.255 e. The average molecular weight is 496 g/mol. The van der Waals surface area contributed by atoms with Gasteiger partial charge in [0.2, 0.25) is 0 Å². The van der Waals surface area contributed by atoms with Crippen molar-refractivity contribution in [1.29, 1.82) is 0 Å². The molecule has 1 N–H and O–H groups in total. The van der Waals surface area contributed by atoms with Crippen molar-refractivity contribution >= 4 is 11.6 Å². The summed E-state index contributed by atoms with van der Waals surface area (Å²) in [6.45, 7) is 2.13. The van der Waals surface area contributed by atoms with Gasteiger partial charge in [-0.2, -0.15) is 0 Å². The molecule has 0 saturated carbocycles. The number of nitrogens with zero attached hydrogens (tertiary/aromatic N) is 3. The molecule has 1 saturated heterocycles. The highest BCUT2D eigenvalue weighted by molar-refractivity contribution is 6.00. The molecule has 0 aromatic heterocycles. The van der Waals surface area contributed by atoms with Crippen molar-refractivity contribution in [3.8, 4) is 5.75 Å². The summed E-state index contributed by atoms with van der Waals surface area (Å²) in [5.41, 5.74) is 2.83. The van der Waals surface area contributed by atoms with Crippen LogP contribution in [0.4, 0.5) is 14.5 Å². The Labute approximate surface area is 210 Å². The van der Waals surface area contributed by atoms with Crippen LogP contribution in [-0.2, 0) is 0 Å². The number of benzene rings is 3. The molecule has 0 radical (unpaired) electrons. The molecule has 0 aliphatic carbocycles. The van der Waals surface area contributed by atoms with Crippen LogP contribution in [0.1, 0.15) is 33.6 Å². The van der Waals surface area contributed by atoms with E-state index in [1.807, 2.05) is 12.1 Å². The fourth-order valence-electron chi connectivity index (χ4n) is 4.60. The van der Waals surface area contributed by atoms with E-state index in [9.17, 15) is 18.7 Å². The Balaban J connectivity index is 1.66. The second-order valence-corrected chi connectivity index (χ2v) is 9.17. The van der Waals surface area contributed by atoms with Crippen LogP contribution in [0.5, 0.6) is 5.75 Å². The van der Waals surface area contributed by atoms with Gasteiger partial charge in [0.05, 0.1) is 30.5 Å². The van der Waals surface area contributed by atoms with Gasteiger partial charge >= 0.3 is 0 Å². The Morgan fingerprint density at radius 2 is 1.67 bits per heavy atom. The zero-order valence-electron chi connectivity index (χ0n) is 20.7. The molecule has 0 unspecified atom stereocenters. The first-order valence-corrected chi connectivity index (χ1v) is 11.8. The number of aliphatic hydroxyl groups is 1. The molecule has 4 rings (SSSR count). The van der Waals surface area contributed by atoms with Crippen molar-refractivity contribution in [2.24, 2.45) is 0 Å². The lowest BCUT2D eigenvalue weighted by atomic mass is 9.98. The molecule has 1 heterocycles. The van der Waals surface area contributed by atoms with E-state index < -0.39 is 6.10 Å². The van der Waals surface area contributed by atoms with Gasteiger partial charge in [0.25, 0.3) is 5.91 Å². The van der Waals surface area contributed by atoms with E-state index in [0.29, 0.717) is 43.1 Å². The van der Waals surface area contributed by atoms with Gasteiger partial charge in [0.15, 0.2) is 0 Å². The summed E-state index contributed by atoms with van der Waals surface area (Å²) in [6.07, 6.45) is -0.780. The molecule has 36 heavy (non-hydrogen) atoms. The number of carbonyl (C=O) groups is 1. The van der Waals surface area contributed by atoms with E-state index in [2.05, 4.69) is 9.80 Å². The van der Waals surface area contributed by atoms with Crippen molar-refractivity contribution < 1.29 is 23.4 Å². The second kappa shape index (κ2) is 11.1. The highest BCUT2D eigenvalue weighted by Gasteiger charge is 2.32. The molecular formula is C28H31F2N3O3. The molecule has 190 valence electrons. The van der Waals surface area contributed by atoms with Gasteiger partial charge in [0.1, 0.15) is 17.4 Å². The number of halogens is 2. The number of β-amino-alcohol motifs (C(OH)–C–C–N with tert-alkyl or cyclic N) is 1. The fraction of sp³-hybridized carbons (Fsp3) is 0.321. The summed E-state index contributed by atoms with van der Waals surface area (Å²) in [5.74, 6) is -0.226. The number of carbonyl (C=O) groups excluding carboxylic acids is 1. The zero-order chi connectivity index (χ0) is 25.8. The van der Waals surface area contributed by atoms with E-state index in [1.165, 1.54) is 29.2 Å². The smallest absolute Gasteiger partial charge is 0.255 e. The number of amides is 1. The Bertz CT molecular complexity index is 1190.